The first-order valence-corrected chi connectivity index (χ1v) is 24.6. The van der Waals surface area contributed by atoms with E-state index < -0.39 is 8.07 Å². The van der Waals surface area contributed by atoms with Crippen molar-refractivity contribution in [2.75, 3.05) is 0 Å². The van der Waals surface area contributed by atoms with Crippen LogP contribution in [0.25, 0.3) is 94.7 Å². The SMILES string of the molecule is C[Si](C)(C)c1ccc(-c2[c-]cccc2)nc1.Fc1ccc2c(c1)oc1c(-c3nc4ccccc4n3-c3ccc(-c4ccccc4)cc3-c3ccccc3)[c-]cc(-c3ccccc3)c12.[Ir]. The molecular weight excluding hydrogens is 982 g/mol. The van der Waals surface area contributed by atoms with Crippen molar-refractivity contribution in [3.8, 4) is 61.7 Å². The van der Waals surface area contributed by atoms with Gasteiger partial charge in [-0.2, -0.15) is 0 Å². The zero-order valence-electron chi connectivity index (χ0n) is 35.5. The minimum atomic E-state index is -1.23. The summed E-state index contributed by atoms with van der Waals surface area (Å²) in [7, 11) is -1.23. The van der Waals surface area contributed by atoms with Crippen molar-refractivity contribution < 1.29 is 28.9 Å². The molecule has 0 aliphatic carbocycles. The summed E-state index contributed by atoms with van der Waals surface area (Å²) in [6, 6.07) is 71.5. The Morgan fingerprint density at radius 3 is 1.95 bits per heavy atom. The van der Waals surface area contributed by atoms with Crippen molar-refractivity contribution in [2.24, 2.45) is 0 Å². The molecule has 11 rings (SSSR count). The Balaban J connectivity index is 0.000000258. The van der Waals surface area contributed by atoms with E-state index in [1.54, 1.807) is 6.07 Å². The number of nitrogens with zero attached hydrogens (tertiary/aromatic N) is 3. The van der Waals surface area contributed by atoms with Crippen LogP contribution in [-0.4, -0.2) is 22.6 Å². The molecule has 0 saturated heterocycles. The summed E-state index contributed by atoms with van der Waals surface area (Å²) in [6.07, 6.45) is 2.02. The van der Waals surface area contributed by atoms with E-state index in [0.717, 1.165) is 72.1 Å². The molecule has 3 heterocycles. The Morgan fingerprint density at radius 2 is 1.28 bits per heavy atom. The van der Waals surface area contributed by atoms with Crippen molar-refractivity contribution >= 4 is 46.2 Å². The van der Waals surface area contributed by atoms with E-state index in [4.69, 9.17) is 9.40 Å². The number of para-hydroxylation sites is 2. The molecular formula is C57H42FIrN3OSi-2. The first-order chi connectivity index (χ1) is 30.8. The van der Waals surface area contributed by atoms with Crippen LogP contribution in [0.1, 0.15) is 0 Å². The van der Waals surface area contributed by atoms with Crippen molar-refractivity contribution in [1.82, 2.24) is 14.5 Å². The molecule has 3 aromatic heterocycles. The van der Waals surface area contributed by atoms with E-state index in [2.05, 4.69) is 138 Å². The molecule has 1 radical (unpaired) electrons. The fourth-order valence-electron chi connectivity index (χ4n) is 8.18. The molecule has 0 unspecified atom stereocenters. The van der Waals surface area contributed by atoms with Crippen molar-refractivity contribution in [1.29, 1.82) is 0 Å². The van der Waals surface area contributed by atoms with Gasteiger partial charge in [0.15, 0.2) is 0 Å². The minimum absolute atomic E-state index is 0. The summed E-state index contributed by atoms with van der Waals surface area (Å²) >= 11 is 0. The number of halogens is 1. The summed E-state index contributed by atoms with van der Waals surface area (Å²) in [5, 5.41) is 3.14. The quantitative estimate of drug-likeness (QED) is 0.118. The van der Waals surface area contributed by atoms with Gasteiger partial charge in [-0.1, -0.05) is 158 Å². The zero-order chi connectivity index (χ0) is 42.9. The maximum atomic E-state index is 14.5. The fourth-order valence-corrected chi connectivity index (χ4v) is 9.22. The number of hydrogen-bond donors (Lipinski definition) is 0. The van der Waals surface area contributed by atoms with Crippen LogP contribution in [-0.2, 0) is 20.1 Å². The molecule has 0 aliphatic heterocycles. The van der Waals surface area contributed by atoms with Crippen LogP contribution in [0.3, 0.4) is 0 Å². The average molecular weight is 1020 g/mol. The summed E-state index contributed by atoms with van der Waals surface area (Å²) in [6.45, 7) is 7.00. The van der Waals surface area contributed by atoms with E-state index in [-0.39, 0.29) is 25.9 Å². The van der Waals surface area contributed by atoms with E-state index in [0.29, 0.717) is 22.6 Å². The molecule has 0 atom stereocenters. The third-order valence-corrected chi connectivity index (χ3v) is 13.5. The molecule has 0 N–H and O–H groups in total. The van der Waals surface area contributed by atoms with Gasteiger partial charge >= 0.3 is 0 Å². The van der Waals surface area contributed by atoms with Gasteiger partial charge in [0.1, 0.15) is 11.4 Å². The monoisotopic (exact) mass is 1020 g/mol. The van der Waals surface area contributed by atoms with Crippen LogP contribution in [0.15, 0.2) is 205 Å². The average Bonchev–Trinajstić information content (AvgIpc) is 3.91. The molecule has 8 aromatic carbocycles. The molecule has 64 heavy (non-hydrogen) atoms. The fraction of sp³-hybridized carbons (Fsp3) is 0.0526. The van der Waals surface area contributed by atoms with Gasteiger partial charge in [-0.25, -0.2) is 4.39 Å². The largest absolute Gasteiger partial charge is 0.500 e. The molecule has 0 aliphatic rings. The summed E-state index contributed by atoms with van der Waals surface area (Å²) in [5.74, 6) is 0.349. The van der Waals surface area contributed by atoms with Gasteiger partial charge in [-0.05, 0) is 69.4 Å². The van der Waals surface area contributed by atoms with Gasteiger partial charge in [-0.3, -0.25) is 4.98 Å². The van der Waals surface area contributed by atoms with E-state index in [1.807, 2.05) is 85.1 Å². The van der Waals surface area contributed by atoms with E-state index >= 15 is 0 Å². The van der Waals surface area contributed by atoms with Crippen LogP contribution in [0.4, 0.5) is 4.39 Å². The second kappa shape index (κ2) is 18.0. The number of pyridine rings is 1. The topological polar surface area (TPSA) is 43.9 Å². The van der Waals surface area contributed by atoms with Crippen molar-refractivity contribution in [2.45, 2.75) is 19.6 Å². The minimum Gasteiger partial charge on any atom is -0.500 e. The Bertz CT molecular complexity index is 3370. The maximum Gasteiger partial charge on any atom is 0.126 e. The van der Waals surface area contributed by atoms with Crippen LogP contribution in [0.5, 0.6) is 0 Å². The second-order valence-electron chi connectivity index (χ2n) is 16.6. The number of rotatable bonds is 7. The van der Waals surface area contributed by atoms with Gasteiger partial charge in [0.2, 0.25) is 0 Å². The first-order valence-electron chi connectivity index (χ1n) is 21.1. The molecule has 0 fully saturated rings. The normalized spacial score (nSPS) is 11.3. The summed E-state index contributed by atoms with van der Waals surface area (Å²) in [4.78, 5) is 9.73. The standard InChI is InChI=1S/C43H26FN2O.C14H16NSi.Ir/c44-32-21-22-34-40(27-32)47-42-35(24-23-33(41(34)42)29-14-6-2-7-15-29)43-45-37-18-10-11-19-39(37)46(43)38-25-20-31(28-12-4-1-5-13-28)26-36(38)30-16-8-3-9-17-30;1-16(2,3)13-9-10-14(15-11-13)12-7-5-4-6-8-12;/h1-23,25-27H;4-7,9-11H,1-3H3;/q2*-1;. The number of imidazole rings is 1. The number of hydrogen-bond acceptors (Lipinski definition) is 3. The molecule has 0 bridgehead atoms. The number of fused-ring (bicyclic) bond motifs is 4. The van der Waals surface area contributed by atoms with Crippen molar-refractivity contribution in [3.63, 3.8) is 0 Å². The van der Waals surface area contributed by atoms with Gasteiger partial charge in [0.25, 0.3) is 0 Å². The molecule has 0 amide bonds. The van der Waals surface area contributed by atoms with E-state index in [9.17, 15) is 4.39 Å². The van der Waals surface area contributed by atoms with Crippen LogP contribution >= 0.6 is 0 Å². The van der Waals surface area contributed by atoms with Crippen LogP contribution in [0, 0.1) is 17.9 Å². The second-order valence-corrected chi connectivity index (χ2v) is 21.6. The first kappa shape index (κ1) is 42.3. The predicted octanol–water partition coefficient (Wildman–Crippen LogP) is 14.6. The predicted molar refractivity (Wildman–Crippen MR) is 260 cm³/mol. The summed E-state index contributed by atoms with van der Waals surface area (Å²) in [5.41, 5.74) is 13.1. The Hall–Kier alpha value is -7.02. The van der Waals surface area contributed by atoms with Crippen LogP contribution in [0.2, 0.25) is 19.6 Å². The third-order valence-electron chi connectivity index (χ3n) is 11.4. The Kier molecular flexibility index (Phi) is 11.9. The van der Waals surface area contributed by atoms with Crippen molar-refractivity contribution in [3.05, 3.63) is 218 Å². The number of furan rings is 1. The van der Waals surface area contributed by atoms with Gasteiger partial charge < -0.3 is 14.0 Å². The summed E-state index contributed by atoms with van der Waals surface area (Å²) < 4.78 is 23.3. The van der Waals surface area contributed by atoms with Gasteiger partial charge in [-0.15, -0.1) is 48.0 Å². The molecule has 7 heteroatoms. The zero-order valence-corrected chi connectivity index (χ0v) is 38.9. The Morgan fingerprint density at radius 1 is 0.609 bits per heavy atom. The number of aromatic nitrogens is 3. The molecule has 313 valence electrons. The number of benzene rings is 8. The Labute approximate surface area is 387 Å². The van der Waals surface area contributed by atoms with Gasteiger partial charge in [0, 0.05) is 49.0 Å². The molecule has 4 nitrogen and oxygen atoms in total. The van der Waals surface area contributed by atoms with Gasteiger partial charge in [0.05, 0.1) is 30.5 Å². The maximum absolute atomic E-state index is 14.5. The van der Waals surface area contributed by atoms with Crippen LogP contribution < -0.4 is 5.19 Å². The molecule has 0 spiro atoms. The molecule has 0 saturated carbocycles. The smallest absolute Gasteiger partial charge is 0.126 e. The molecule has 11 aromatic rings. The third kappa shape index (κ3) is 8.29. The van der Waals surface area contributed by atoms with E-state index in [1.165, 1.54) is 17.3 Å².